The summed E-state index contributed by atoms with van der Waals surface area (Å²) in [5, 5.41) is 8.53. The molecule has 29 heavy (non-hydrogen) atoms. The van der Waals surface area contributed by atoms with E-state index in [1.165, 1.54) is 21.6 Å². The molecule has 2 atom stereocenters. The first kappa shape index (κ1) is 19.8. The molecule has 4 rings (SSSR count). The smallest absolute Gasteiger partial charge is 0.0340 e. The first-order valence-electron chi connectivity index (χ1n) is 9.90. The van der Waals surface area contributed by atoms with Gasteiger partial charge in [0.1, 0.15) is 0 Å². The Balaban J connectivity index is 1.68. The Morgan fingerprint density at radius 3 is 1.55 bits per heavy atom. The van der Waals surface area contributed by atoms with Gasteiger partial charge in [-0.15, -0.1) is 0 Å². The molecule has 0 aliphatic carbocycles. The highest BCUT2D eigenvalue weighted by Gasteiger charge is 2.25. The van der Waals surface area contributed by atoms with Crippen molar-refractivity contribution in [3.63, 3.8) is 0 Å². The first-order chi connectivity index (χ1) is 14.4. The third kappa shape index (κ3) is 5.54. The zero-order chi connectivity index (χ0) is 19.7. The van der Waals surface area contributed by atoms with Crippen molar-refractivity contribution >= 4 is 38.1 Å². The monoisotopic (exact) mass is 413 g/mol. The summed E-state index contributed by atoms with van der Waals surface area (Å²) in [4.78, 5) is 0. The normalized spacial score (nSPS) is 12.3. The van der Waals surface area contributed by atoms with Crippen LogP contribution in [0.2, 0.25) is 0 Å². The largest absolute Gasteiger partial charge is 0.384 e. The standard InChI is InChI=1S/C26H25NP2/c1-5-13-22(14-6-1)27-21-26(28-23-15-7-2-8-16-23)29(24-17-9-3-10-18-24)25-19-11-4-12-20-25/h1-20,26-28H,21H2. The maximum atomic E-state index is 3.71. The third-order valence-corrected chi connectivity index (χ3v) is 9.64. The van der Waals surface area contributed by atoms with Crippen LogP contribution in [0.1, 0.15) is 0 Å². The lowest BCUT2D eigenvalue weighted by Crippen LogP contribution is -2.26. The second-order valence-electron chi connectivity index (χ2n) is 6.81. The zero-order valence-electron chi connectivity index (χ0n) is 16.3. The SMILES string of the molecule is c1ccc(NCC(Pc2ccccc2)P(c2ccccc2)c2ccccc2)cc1. The van der Waals surface area contributed by atoms with Gasteiger partial charge in [0.25, 0.3) is 0 Å². The molecule has 0 heterocycles. The summed E-state index contributed by atoms with van der Waals surface area (Å²) in [6.45, 7) is 0.951. The summed E-state index contributed by atoms with van der Waals surface area (Å²) in [5.74, 6) is 0. The molecule has 4 aromatic carbocycles. The predicted molar refractivity (Wildman–Crippen MR) is 132 cm³/mol. The Kier molecular flexibility index (Phi) is 7.08. The highest BCUT2D eigenvalue weighted by atomic mass is 31.2. The van der Waals surface area contributed by atoms with E-state index in [1.807, 2.05) is 0 Å². The van der Waals surface area contributed by atoms with E-state index in [9.17, 15) is 0 Å². The average Bonchev–Trinajstić information content (AvgIpc) is 2.80. The van der Waals surface area contributed by atoms with Gasteiger partial charge < -0.3 is 5.32 Å². The summed E-state index contributed by atoms with van der Waals surface area (Å²) in [5.41, 5.74) is 1.19. The molecule has 0 spiro atoms. The van der Waals surface area contributed by atoms with Crippen LogP contribution in [-0.4, -0.2) is 11.9 Å². The van der Waals surface area contributed by atoms with Crippen LogP contribution in [0.25, 0.3) is 0 Å². The van der Waals surface area contributed by atoms with E-state index in [4.69, 9.17) is 0 Å². The van der Waals surface area contributed by atoms with Gasteiger partial charge >= 0.3 is 0 Å². The van der Waals surface area contributed by atoms with Gasteiger partial charge in [0.15, 0.2) is 0 Å². The summed E-state index contributed by atoms with van der Waals surface area (Å²) in [6, 6.07) is 43.5. The fourth-order valence-electron chi connectivity index (χ4n) is 3.39. The van der Waals surface area contributed by atoms with Crippen molar-refractivity contribution in [2.24, 2.45) is 0 Å². The van der Waals surface area contributed by atoms with Crippen molar-refractivity contribution < 1.29 is 0 Å². The second-order valence-corrected chi connectivity index (χ2v) is 11.3. The lowest BCUT2D eigenvalue weighted by molar-refractivity contribution is 1.17. The molecule has 0 saturated carbocycles. The van der Waals surface area contributed by atoms with Crippen LogP contribution in [0.3, 0.4) is 0 Å². The van der Waals surface area contributed by atoms with Crippen molar-refractivity contribution in [2.75, 3.05) is 11.9 Å². The van der Waals surface area contributed by atoms with Crippen LogP contribution in [0.5, 0.6) is 0 Å². The number of para-hydroxylation sites is 1. The van der Waals surface area contributed by atoms with Gasteiger partial charge in [-0.25, -0.2) is 0 Å². The Bertz CT molecular complexity index is 937. The van der Waals surface area contributed by atoms with E-state index in [1.54, 1.807) is 0 Å². The summed E-state index contributed by atoms with van der Waals surface area (Å²) < 4.78 is 0. The average molecular weight is 413 g/mol. The molecule has 0 aliphatic heterocycles. The molecular weight excluding hydrogens is 388 g/mol. The minimum atomic E-state index is -0.484. The third-order valence-electron chi connectivity index (χ3n) is 4.76. The van der Waals surface area contributed by atoms with Gasteiger partial charge in [0.05, 0.1) is 0 Å². The van der Waals surface area contributed by atoms with Gasteiger partial charge in [-0.2, -0.15) is 0 Å². The molecule has 0 bridgehead atoms. The van der Waals surface area contributed by atoms with E-state index in [-0.39, 0.29) is 0 Å². The van der Waals surface area contributed by atoms with Gasteiger partial charge in [0.2, 0.25) is 0 Å². The van der Waals surface area contributed by atoms with Crippen LogP contribution in [0.4, 0.5) is 5.69 Å². The van der Waals surface area contributed by atoms with Crippen molar-refractivity contribution in [1.82, 2.24) is 0 Å². The summed E-state index contributed by atoms with van der Waals surface area (Å²) in [7, 11) is 0.261. The molecule has 0 aliphatic rings. The lowest BCUT2D eigenvalue weighted by atomic mass is 10.3. The maximum absolute atomic E-state index is 3.71. The van der Waals surface area contributed by atoms with Crippen molar-refractivity contribution in [3.05, 3.63) is 121 Å². The van der Waals surface area contributed by atoms with E-state index in [0.29, 0.717) is 5.40 Å². The number of nitrogens with one attached hydrogen (secondary N) is 1. The lowest BCUT2D eigenvalue weighted by Gasteiger charge is -2.29. The Hall–Kier alpha value is -2.46. The minimum Gasteiger partial charge on any atom is -0.384 e. The second kappa shape index (κ2) is 10.4. The zero-order valence-corrected chi connectivity index (χ0v) is 18.2. The molecular formula is C26H25NP2. The van der Waals surface area contributed by atoms with Crippen molar-refractivity contribution in [2.45, 2.75) is 5.40 Å². The molecule has 0 amide bonds. The fraction of sp³-hybridized carbons (Fsp3) is 0.0769. The maximum Gasteiger partial charge on any atom is 0.0340 e. The summed E-state index contributed by atoms with van der Waals surface area (Å²) >= 11 is 0. The van der Waals surface area contributed by atoms with Crippen LogP contribution in [0, 0.1) is 0 Å². The minimum absolute atomic E-state index is 0.484. The molecule has 4 aromatic rings. The van der Waals surface area contributed by atoms with Crippen LogP contribution in [0.15, 0.2) is 121 Å². The highest BCUT2D eigenvalue weighted by molar-refractivity contribution is 7.81. The van der Waals surface area contributed by atoms with Crippen LogP contribution in [-0.2, 0) is 0 Å². The topological polar surface area (TPSA) is 12.0 Å². The van der Waals surface area contributed by atoms with Crippen LogP contribution < -0.4 is 21.2 Å². The first-order valence-corrected chi connectivity index (χ1v) is 12.4. The van der Waals surface area contributed by atoms with Crippen molar-refractivity contribution in [3.8, 4) is 0 Å². The van der Waals surface area contributed by atoms with Gasteiger partial charge in [-0.3, -0.25) is 0 Å². The molecule has 144 valence electrons. The highest BCUT2D eigenvalue weighted by Crippen LogP contribution is 2.47. The van der Waals surface area contributed by atoms with E-state index >= 15 is 0 Å². The quantitative estimate of drug-likeness (QED) is 0.373. The number of rotatable bonds is 8. The molecule has 0 fully saturated rings. The molecule has 3 heteroatoms. The van der Waals surface area contributed by atoms with Crippen LogP contribution >= 0.6 is 16.5 Å². The Morgan fingerprint density at radius 1 is 0.586 bits per heavy atom. The molecule has 1 nitrogen and oxygen atoms in total. The van der Waals surface area contributed by atoms with E-state index < -0.39 is 7.92 Å². The van der Waals surface area contributed by atoms with Crippen molar-refractivity contribution in [1.29, 1.82) is 0 Å². The van der Waals surface area contributed by atoms with E-state index in [0.717, 1.165) is 15.1 Å². The predicted octanol–water partition coefficient (Wildman–Crippen LogP) is 5.56. The Morgan fingerprint density at radius 2 is 1.03 bits per heavy atom. The number of hydrogen-bond donors (Lipinski definition) is 1. The molecule has 2 unspecified atom stereocenters. The molecule has 0 aromatic heterocycles. The molecule has 0 saturated heterocycles. The van der Waals surface area contributed by atoms with Gasteiger partial charge in [-0.05, 0) is 36.0 Å². The fourth-order valence-corrected chi connectivity index (χ4v) is 8.50. The van der Waals surface area contributed by atoms with Gasteiger partial charge in [0, 0.05) is 17.6 Å². The van der Waals surface area contributed by atoms with Gasteiger partial charge in [-0.1, -0.05) is 118 Å². The molecule has 1 N–H and O–H groups in total. The molecule has 0 radical (unpaired) electrons. The van der Waals surface area contributed by atoms with E-state index in [2.05, 4.69) is 127 Å². The number of hydrogen-bond acceptors (Lipinski definition) is 1. The Labute approximate surface area is 176 Å². The number of anilines is 1. The number of benzene rings is 4. The summed E-state index contributed by atoms with van der Waals surface area (Å²) in [6.07, 6.45) is 0.